The molecule has 6 nitrogen and oxygen atoms in total. The number of aryl methyl sites for hydroxylation is 1. The summed E-state index contributed by atoms with van der Waals surface area (Å²) in [6.45, 7) is 3.95. The van der Waals surface area contributed by atoms with Crippen molar-refractivity contribution in [3.63, 3.8) is 0 Å². The van der Waals surface area contributed by atoms with Gasteiger partial charge in [-0.3, -0.25) is 4.79 Å². The van der Waals surface area contributed by atoms with Crippen molar-refractivity contribution in [1.82, 2.24) is 20.2 Å². The van der Waals surface area contributed by atoms with Gasteiger partial charge < -0.3 is 9.40 Å². The maximum Gasteiger partial charge on any atom is 0.277 e. The molecule has 2 aromatic heterocycles. The summed E-state index contributed by atoms with van der Waals surface area (Å²) in [6.07, 6.45) is 0. The second kappa shape index (κ2) is 6.76. The third-order valence-electron chi connectivity index (χ3n) is 3.97. The summed E-state index contributed by atoms with van der Waals surface area (Å²) in [4.78, 5) is 19.6. The molecule has 1 N–H and O–H groups in total. The van der Waals surface area contributed by atoms with Gasteiger partial charge in [0.2, 0.25) is 5.89 Å². The Bertz CT molecular complexity index is 1140. The topological polar surface area (TPSA) is 84.7 Å². The monoisotopic (exact) mass is 364 g/mol. The van der Waals surface area contributed by atoms with E-state index in [0.29, 0.717) is 27.8 Å². The average molecular weight is 364 g/mol. The number of para-hydroxylation sites is 1. The Hall–Kier alpha value is -2.93. The van der Waals surface area contributed by atoms with Crippen LogP contribution in [0.3, 0.4) is 0 Å². The minimum absolute atomic E-state index is 0.141. The molecule has 0 amide bonds. The second-order valence-corrected chi connectivity index (χ2v) is 7.26. The van der Waals surface area contributed by atoms with Gasteiger partial charge in [0.25, 0.3) is 10.8 Å². The number of hydrogen-bond acceptors (Lipinski definition) is 6. The summed E-state index contributed by atoms with van der Waals surface area (Å²) < 4.78 is 5.76. The summed E-state index contributed by atoms with van der Waals surface area (Å²) in [7, 11) is 0. The molecule has 1 atom stereocenters. The number of nitrogens with one attached hydrogen (secondary N) is 1. The van der Waals surface area contributed by atoms with Gasteiger partial charge in [0, 0.05) is 5.56 Å². The lowest BCUT2D eigenvalue weighted by Gasteiger charge is -2.08. The molecule has 2 heterocycles. The van der Waals surface area contributed by atoms with Crippen molar-refractivity contribution in [2.45, 2.75) is 24.3 Å². The maximum absolute atomic E-state index is 12.2. The van der Waals surface area contributed by atoms with Gasteiger partial charge in [0.1, 0.15) is 5.82 Å². The summed E-state index contributed by atoms with van der Waals surface area (Å²) in [5, 5.41) is 9.08. The Morgan fingerprint density at radius 2 is 1.96 bits per heavy atom. The molecule has 0 aliphatic carbocycles. The van der Waals surface area contributed by atoms with E-state index in [4.69, 9.17) is 4.42 Å². The highest BCUT2D eigenvalue weighted by molar-refractivity contribution is 7.99. The van der Waals surface area contributed by atoms with E-state index >= 15 is 0 Å². The molecule has 4 aromatic rings. The third kappa shape index (κ3) is 3.25. The number of benzene rings is 2. The van der Waals surface area contributed by atoms with Crippen LogP contribution in [0.25, 0.3) is 22.4 Å². The summed E-state index contributed by atoms with van der Waals surface area (Å²) in [5.41, 5.74) is 2.53. The van der Waals surface area contributed by atoms with Crippen LogP contribution in [-0.2, 0) is 0 Å². The van der Waals surface area contributed by atoms with Gasteiger partial charge in [0.05, 0.1) is 16.2 Å². The van der Waals surface area contributed by atoms with E-state index in [9.17, 15) is 4.79 Å². The number of thioether (sulfide) groups is 1. The highest BCUT2D eigenvalue weighted by Gasteiger charge is 2.17. The number of nitrogens with zero attached hydrogens (tertiary/aromatic N) is 3. The van der Waals surface area contributed by atoms with Gasteiger partial charge >= 0.3 is 0 Å². The zero-order valence-corrected chi connectivity index (χ0v) is 15.1. The van der Waals surface area contributed by atoms with Crippen molar-refractivity contribution >= 4 is 22.7 Å². The van der Waals surface area contributed by atoms with Crippen molar-refractivity contribution in [2.75, 3.05) is 0 Å². The Kier molecular flexibility index (Phi) is 4.30. The van der Waals surface area contributed by atoms with E-state index in [1.807, 2.05) is 56.3 Å². The molecular weight excluding hydrogens is 348 g/mol. The van der Waals surface area contributed by atoms with E-state index in [0.717, 1.165) is 11.1 Å². The predicted octanol–water partition coefficient (Wildman–Crippen LogP) is 4.13. The van der Waals surface area contributed by atoms with Crippen molar-refractivity contribution in [1.29, 1.82) is 0 Å². The lowest BCUT2D eigenvalue weighted by molar-refractivity contribution is 0.465. The highest BCUT2D eigenvalue weighted by atomic mass is 32.2. The van der Waals surface area contributed by atoms with Crippen LogP contribution in [0.15, 0.2) is 63.0 Å². The molecule has 0 unspecified atom stereocenters. The quantitative estimate of drug-likeness (QED) is 0.548. The fraction of sp³-hybridized carbons (Fsp3) is 0.158. The average Bonchev–Trinajstić information content (AvgIpc) is 3.10. The van der Waals surface area contributed by atoms with Crippen LogP contribution >= 0.6 is 11.8 Å². The first-order valence-corrected chi connectivity index (χ1v) is 9.04. The molecule has 0 aliphatic rings. The van der Waals surface area contributed by atoms with Crippen LogP contribution in [0.4, 0.5) is 0 Å². The maximum atomic E-state index is 12.2. The van der Waals surface area contributed by atoms with Gasteiger partial charge in [-0.1, -0.05) is 41.6 Å². The largest absolute Gasteiger partial charge is 0.411 e. The van der Waals surface area contributed by atoms with Crippen molar-refractivity contribution in [2.24, 2.45) is 0 Å². The van der Waals surface area contributed by atoms with Crippen LogP contribution in [0, 0.1) is 6.92 Å². The fourth-order valence-corrected chi connectivity index (χ4v) is 3.40. The summed E-state index contributed by atoms with van der Waals surface area (Å²) >= 11 is 1.36. The normalized spacial score (nSPS) is 12.4. The van der Waals surface area contributed by atoms with Gasteiger partial charge in [-0.25, -0.2) is 4.98 Å². The van der Waals surface area contributed by atoms with Crippen LogP contribution in [0.1, 0.15) is 23.6 Å². The zero-order chi connectivity index (χ0) is 18.1. The van der Waals surface area contributed by atoms with Crippen LogP contribution in [0.5, 0.6) is 0 Å². The number of aromatic amines is 1. The standard InChI is InChI=1S/C19H16N4O2S/c1-11-6-5-7-13(10-11)18-22-23-19(25-18)26-12(2)16-20-15-9-4-3-8-14(15)17(24)21-16/h3-10,12H,1-2H3,(H,20,21,24)/t12-/m0/s1. The van der Waals surface area contributed by atoms with Gasteiger partial charge in [0.15, 0.2) is 0 Å². The summed E-state index contributed by atoms with van der Waals surface area (Å²) in [5.74, 6) is 1.05. The minimum atomic E-state index is -0.149. The lowest BCUT2D eigenvalue weighted by atomic mass is 10.1. The molecule has 26 heavy (non-hydrogen) atoms. The number of H-pyrrole nitrogens is 1. The van der Waals surface area contributed by atoms with Crippen LogP contribution in [-0.4, -0.2) is 20.2 Å². The predicted molar refractivity (Wildman–Crippen MR) is 101 cm³/mol. The number of fused-ring (bicyclic) bond motifs is 1. The van der Waals surface area contributed by atoms with Crippen molar-refractivity contribution in [3.05, 3.63) is 70.3 Å². The van der Waals surface area contributed by atoms with Crippen LogP contribution in [0.2, 0.25) is 0 Å². The molecule has 4 rings (SSSR count). The number of aromatic nitrogens is 4. The first kappa shape index (κ1) is 16.5. The molecule has 0 bridgehead atoms. The molecule has 0 saturated heterocycles. The summed E-state index contributed by atoms with van der Waals surface area (Å²) in [6, 6.07) is 15.2. The van der Waals surface area contributed by atoms with E-state index in [-0.39, 0.29) is 10.8 Å². The molecule has 0 saturated carbocycles. The Balaban J connectivity index is 1.59. The van der Waals surface area contributed by atoms with Gasteiger partial charge in [-0.05, 0) is 38.1 Å². The Morgan fingerprint density at radius 1 is 1.12 bits per heavy atom. The molecule has 130 valence electrons. The molecule has 7 heteroatoms. The minimum Gasteiger partial charge on any atom is -0.411 e. The SMILES string of the molecule is Cc1cccc(-c2nnc(S[C@@H](C)c3nc4ccccc4c(=O)[nH]3)o2)c1. The highest BCUT2D eigenvalue weighted by Crippen LogP contribution is 2.33. The third-order valence-corrected chi connectivity index (χ3v) is 4.91. The van der Waals surface area contributed by atoms with Crippen molar-refractivity contribution in [3.8, 4) is 11.5 Å². The first-order chi connectivity index (χ1) is 12.6. The fourth-order valence-electron chi connectivity index (χ4n) is 2.66. The molecule has 2 aromatic carbocycles. The van der Waals surface area contributed by atoms with Crippen LogP contribution < -0.4 is 5.56 Å². The molecule has 0 radical (unpaired) electrons. The lowest BCUT2D eigenvalue weighted by Crippen LogP contribution is -2.12. The smallest absolute Gasteiger partial charge is 0.277 e. The first-order valence-electron chi connectivity index (χ1n) is 8.16. The van der Waals surface area contributed by atoms with E-state index in [2.05, 4.69) is 20.2 Å². The Labute approximate surface area is 153 Å². The van der Waals surface area contributed by atoms with E-state index in [1.165, 1.54) is 11.8 Å². The number of hydrogen-bond donors (Lipinski definition) is 1. The van der Waals surface area contributed by atoms with E-state index < -0.39 is 0 Å². The molecule has 0 spiro atoms. The zero-order valence-electron chi connectivity index (χ0n) is 14.3. The Morgan fingerprint density at radius 3 is 2.81 bits per heavy atom. The van der Waals surface area contributed by atoms with Crippen molar-refractivity contribution < 1.29 is 4.42 Å². The molecular formula is C19H16N4O2S. The van der Waals surface area contributed by atoms with Gasteiger partial charge in [-0.2, -0.15) is 0 Å². The molecule has 0 aliphatic heterocycles. The second-order valence-electron chi connectivity index (χ2n) is 5.97. The molecule has 0 fully saturated rings. The van der Waals surface area contributed by atoms with Gasteiger partial charge in [-0.15, -0.1) is 10.2 Å². The van der Waals surface area contributed by atoms with E-state index in [1.54, 1.807) is 6.07 Å². The number of rotatable bonds is 4.